The van der Waals surface area contributed by atoms with Gasteiger partial charge in [0.15, 0.2) is 0 Å². The average Bonchev–Trinajstić information content (AvgIpc) is 2.32. The highest BCUT2D eigenvalue weighted by Crippen LogP contribution is 2.29. The maximum absolute atomic E-state index is 12.2. The van der Waals surface area contributed by atoms with Gasteiger partial charge in [-0.15, -0.1) is 0 Å². The average molecular weight is 242 g/mol. The van der Waals surface area contributed by atoms with Crippen LogP contribution in [-0.4, -0.2) is 44.2 Å². The fourth-order valence-corrected chi connectivity index (χ4v) is 2.51. The molecule has 4 nitrogen and oxygen atoms in total. The highest BCUT2D eigenvalue weighted by molar-refractivity contribution is 5.78. The Morgan fingerprint density at radius 2 is 2.18 bits per heavy atom. The second-order valence-electron chi connectivity index (χ2n) is 5.26. The van der Waals surface area contributed by atoms with Crippen LogP contribution >= 0.6 is 0 Å². The minimum Gasteiger partial charge on any atom is -0.385 e. The first kappa shape index (κ1) is 14.5. The van der Waals surface area contributed by atoms with Crippen LogP contribution in [0.15, 0.2) is 0 Å². The van der Waals surface area contributed by atoms with Crippen molar-refractivity contribution >= 4 is 5.91 Å². The molecule has 17 heavy (non-hydrogen) atoms. The van der Waals surface area contributed by atoms with E-state index in [1.165, 1.54) is 0 Å². The zero-order valence-electron chi connectivity index (χ0n) is 11.3. The molecule has 0 bridgehead atoms. The van der Waals surface area contributed by atoms with Gasteiger partial charge in [-0.3, -0.25) is 4.79 Å². The van der Waals surface area contributed by atoms with Crippen LogP contribution in [0.4, 0.5) is 0 Å². The van der Waals surface area contributed by atoms with Crippen molar-refractivity contribution in [2.24, 2.45) is 17.6 Å². The minimum atomic E-state index is 0.178. The Labute approximate surface area is 104 Å². The fourth-order valence-electron chi connectivity index (χ4n) is 2.51. The highest BCUT2D eigenvalue weighted by Gasteiger charge is 2.30. The Bertz CT molecular complexity index is 246. The summed E-state index contributed by atoms with van der Waals surface area (Å²) in [6, 6.07) is 0.276. The summed E-state index contributed by atoms with van der Waals surface area (Å²) in [4.78, 5) is 14.0. The van der Waals surface area contributed by atoms with Crippen molar-refractivity contribution < 1.29 is 9.53 Å². The summed E-state index contributed by atoms with van der Waals surface area (Å²) in [6.07, 6.45) is 3.76. The second-order valence-corrected chi connectivity index (χ2v) is 5.26. The molecule has 0 aromatic carbocycles. The number of carbonyl (C=O) groups excluding carboxylic acids is 1. The molecule has 0 aromatic rings. The molecule has 0 radical (unpaired) electrons. The summed E-state index contributed by atoms with van der Waals surface area (Å²) in [5.41, 5.74) is 5.97. The lowest BCUT2D eigenvalue weighted by Gasteiger charge is -2.33. The van der Waals surface area contributed by atoms with Gasteiger partial charge in [-0.2, -0.15) is 0 Å². The van der Waals surface area contributed by atoms with E-state index in [0.29, 0.717) is 12.5 Å². The van der Waals surface area contributed by atoms with E-state index < -0.39 is 0 Å². The van der Waals surface area contributed by atoms with E-state index in [1.54, 1.807) is 7.11 Å². The molecule has 0 aliphatic heterocycles. The molecule has 2 N–H and O–H groups in total. The fraction of sp³-hybridized carbons (Fsp3) is 0.923. The second kappa shape index (κ2) is 6.97. The monoisotopic (exact) mass is 242 g/mol. The lowest BCUT2D eigenvalue weighted by atomic mass is 9.79. The summed E-state index contributed by atoms with van der Waals surface area (Å²) in [5.74, 6) is 0.919. The number of nitrogens with zero attached hydrogens (tertiary/aromatic N) is 1. The third-order valence-electron chi connectivity index (χ3n) is 3.80. The van der Waals surface area contributed by atoms with Gasteiger partial charge in [0.05, 0.1) is 0 Å². The predicted octanol–water partition coefficient (Wildman–Crippen LogP) is 1.24. The summed E-state index contributed by atoms with van der Waals surface area (Å²) >= 11 is 0. The third kappa shape index (κ3) is 4.28. The van der Waals surface area contributed by atoms with Gasteiger partial charge in [0.25, 0.3) is 0 Å². The largest absolute Gasteiger partial charge is 0.385 e. The normalized spacial score (nSPS) is 29.1. The van der Waals surface area contributed by atoms with Gasteiger partial charge in [-0.25, -0.2) is 0 Å². The highest BCUT2D eigenvalue weighted by atomic mass is 16.5. The van der Waals surface area contributed by atoms with Gasteiger partial charge >= 0.3 is 0 Å². The Hall–Kier alpha value is -0.610. The Morgan fingerprint density at radius 3 is 2.76 bits per heavy atom. The van der Waals surface area contributed by atoms with E-state index >= 15 is 0 Å². The van der Waals surface area contributed by atoms with Crippen LogP contribution in [0, 0.1) is 11.8 Å². The first-order valence-corrected chi connectivity index (χ1v) is 6.55. The van der Waals surface area contributed by atoms with Gasteiger partial charge in [0.1, 0.15) is 0 Å². The lowest BCUT2D eigenvalue weighted by Crippen LogP contribution is -2.41. The van der Waals surface area contributed by atoms with Crippen molar-refractivity contribution in [2.45, 2.75) is 38.6 Å². The number of ether oxygens (including phenoxy) is 1. The predicted molar refractivity (Wildman–Crippen MR) is 68.6 cm³/mol. The molecule has 0 saturated heterocycles. The molecule has 1 fully saturated rings. The number of hydrogen-bond acceptors (Lipinski definition) is 3. The van der Waals surface area contributed by atoms with E-state index in [2.05, 4.69) is 6.92 Å². The molecule has 1 rings (SSSR count). The maximum atomic E-state index is 12.2. The summed E-state index contributed by atoms with van der Waals surface area (Å²) in [5, 5.41) is 0. The van der Waals surface area contributed by atoms with Gasteiger partial charge in [-0.1, -0.05) is 6.92 Å². The van der Waals surface area contributed by atoms with Crippen LogP contribution in [-0.2, 0) is 9.53 Å². The van der Waals surface area contributed by atoms with Gasteiger partial charge < -0.3 is 15.4 Å². The molecule has 100 valence electrons. The number of nitrogens with two attached hydrogens (primary N) is 1. The van der Waals surface area contributed by atoms with Crippen LogP contribution in [0.2, 0.25) is 0 Å². The zero-order valence-corrected chi connectivity index (χ0v) is 11.3. The number of rotatable bonds is 5. The first-order valence-electron chi connectivity index (χ1n) is 6.55. The molecular formula is C13H26N2O2. The smallest absolute Gasteiger partial charge is 0.225 e. The molecule has 0 spiro atoms. The molecule has 1 amide bonds. The van der Waals surface area contributed by atoms with Crippen molar-refractivity contribution in [3.05, 3.63) is 0 Å². The molecule has 0 aromatic heterocycles. The number of hydrogen-bond donors (Lipinski definition) is 1. The van der Waals surface area contributed by atoms with E-state index in [9.17, 15) is 4.79 Å². The van der Waals surface area contributed by atoms with E-state index in [4.69, 9.17) is 10.5 Å². The molecule has 0 heterocycles. The Balaban J connectivity index is 2.36. The Kier molecular flexibility index (Phi) is 5.92. The standard InChI is InChI=1S/C13H26N2O2/c1-10-9-11(5-6-12(10)14)13(16)15(2)7-4-8-17-3/h10-12H,4-9,14H2,1-3H3. The van der Waals surface area contributed by atoms with E-state index in [-0.39, 0.29) is 17.9 Å². The molecule has 1 aliphatic carbocycles. The van der Waals surface area contributed by atoms with E-state index in [1.807, 2.05) is 11.9 Å². The lowest BCUT2D eigenvalue weighted by molar-refractivity contribution is -0.136. The summed E-state index contributed by atoms with van der Waals surface area (Å²) < 4.78 is 4.99. The zero-order chi connectivity index (χ0) is 12.8. The van der Waals surface area contributed by atoms with Gasteiger partial charge in [-0.05, 0) is 31.6 Å². The van der Waals surface area contributed by atoms with Crippen LogP contribution < -0.4 is 5.73 Å². The number of carbonyl (C=O) groups is 1. The molecule has 4 heteroatoms. The first-order chi connectivity index (χ1) is 8.06. The molecule has 1 saturated carbocycles. The van der Waals surface area contributed by atoms with E-state index in [0.717, 1.165) is 32.2 Å². The van der Waals surface area contributed by atoms with Crippen LogP contribution in [0.25, 0.3) is 0 Å². The van der Waals surface area contributed by atoms with Crippen molar-refractivity contribution in [1.82, 2.24) is 4.90 Å². The van der Waals surface area contributed by atoms with Crippen molar-refractivity contribution in [2.75, 3.05) is 27.3 Å². The SMILES string of the molecule is COCCCN(C)C(=O)C1CCC(N)C(C)C1. The molecule has 3 unspecified atom stereocenters. The molecule has 1 aliphatic rings. The molecular weight excluding hydrogens is 216 g/mol. The van der Waals surface area contributed by atoms with Crippen molar-refractivity contribution in [1.29, 1.82) is 0 Å². The van der Waals surface area contributed by atoms with Gasteiger partial charge in [0, 0.05) is 39.3 Å². The van der Waals surface area contributed by atoms with Crippen LogP contribution in [0.3, 0.4) is 0 Å². The summed E-state index contributed by atoms with van der Waals surface area (Å²) in [6.45, 7) is 3.64. The summed E-state index contributed by atoms with van der Waals surface area (Å²) in [7, 11) is 3.57. The van der Waals surface area contributed by atoms with Crippen LogP contribution in [0.1, 0.15) is 32.6 Å². The van der Waals surface area contributed by atoms with Gasteiger partial charge in [0.2, 0.25) is 5.91 Å². The molecule has 3 atom stereocenters. The quantitative estimate of drug-likeness (QED) is 0.738. The Morgan fingerprint density at radius 1 is 1.47 bits per heavy atom. The topological polar surface area (TPSA) is 55.6 Å². The third-order valence-corrected chi connectivity index (χ3v) is 3.80. The maximum Gasteiger partial charge on any atom is 0.225 e. The van der Waals surface area contributed by atoms with Crippen molar-refractivity contribution in [3.8, 4) is 0 Å². The van der Waals surface area contributed by atoms with Crippen molar-refractivity contribution in [3.63, 3.8) is 0 Å². The number of methoxy groups -OCH3 is 1. The number of amides is 1. The minimum absolute atomic E-state index is 0.178. The van der Waals surface area contributed by atoms with Crippen LogP contribution in [0.5, 0.6) is 0 Å².